The quantitative estimate of drug-likeness (QED) is 0.640. The Morgan fingerprint density at radius 2 is 1.88 bits per heavy atom. The number of ether oxygens (including phenoxy) is 1. The summed E-state index contributed by atoms with van der Waals surface area (Å²) in [6.07, 6.45) is 1.04. The first-order valence-corrected chi connectivity index (χ1v) is 6.15. The summed E-state index contributed by atoms with van der Waals surface area (Å²) in [6.45, 7) is 4.92. The Kier molecular flexibility index (Phi) is 2.40. The van der Waals surface area contributed by atoms with Crippen molar-refractivity contribution in [2.45, 2.75) is 20.3 Å². The van der Waals surface area contributed by atoms with Crippen LogP contribution in [-0.2, 0) is 6.42 Å². The molecule has 86 valence electrons. The standard InChI is InChI=1S/C16H16O/c1-3-17-16-9-8-14-13-7-5-4-6-12(13)10-15(14)11(16)2/h4-9H,3,10H2,1-2H3. The molecule has 1 aliphatic rings. The van der Waals surface area contributed by atoms with Crippen LogP contribution in [-0.4, -0.2) is 6.61 Å². The highest BCUT2D eigenvalue weighted by Gasteiger charge is 2.20. The number of rotatable bonds is 2. The predicted octanol–water partition coefficient (Wildman–Crippen LogP) is 3.96. The zero-order valence-electron chi connectivity index (χ0n) is 10.3. The van der Waals surface area contributed by atoms with Crippen LogP contribution in [0, 0.1) is 6.92 Å². The van der Waals surface area contributed by atoms with Gasteiger partial charge in [0, 0.05) is 0 Å². The Hall–Kier alpha value is -1.76. The van der Waals surface area contributed by atoms with Crippen molar-refractivity contribution in [1.29, 1.82) is 0 Å². The van der Waals surface area contributed by atoms with Crippen molar-refractivity contribution < 1.29 is 4.74 Å². The third-order valence-electron chi connectivity index (χ3n) is 3.52. The fourth-order valence-corrected chi connectivity index (χ4v) is 2.66. The maximum absolute atomic E-state index is 5.66. The van der Waals surface area contributed by atoms with E-state index in [2.05, 4.69) is 43.3 Å². The molecule has 17 heavy (non-hydrogen) atoms. The minimum absolute atomic E-state index is 0.729. The molecule has 0 atom stereocenters. The van der Waals surface area contributed by atoms with E-state index in [1.54, 1.807) is 0 Å². The third kappa shape index (κ3) is 1.54. The predicted molar refractivity (Wildman–Crippen MR) is 70.6 cm³/mol. The van der Waals surface area contributed by atoms with Gasteiger partial charge in [0.15, 0.2) is 0 Å². The second-order valence-electron chi connectivity index (χ2n) is 4.48. The van der Waals surface area contributed by atoms with Gasteiger partial charge in [-0.3, -0.25) is 0 Å². The van der Waals surface area contributed by atoms with Crippen LogP contribution in [0.25, 0.3) is 11.1 Å². The molecule has 1 aliphatic carbocycles. The molecule has 0 aromatic heterocycles. The Morgan fingerprint density at radius 3 is 2.71 bits per heavy atom. The fourth-order valence-electron chi connectivity index (χ4n) is 2.66. The minimum Gasteiger partial charge on any atom is -0.494 e. The van der Waals surface area contributed by atoms with Crippen molar-refractivity contribution in [1.82, 2.24) is 0 Å². The zero-order chi connectivity index (χ0) is 11.8. The summed E-state index contributed by atoms with van der Waals surface area (Å²) in [5, 5.41) is 0. The van der Waals surface area contributed by atoms with Gasteiger partial charge >= 0.3 is 0 Å². The molecule has 0 unspecified atom stereocenters. The molecule has 0 saturated heterocycles. The summed E-state index contributed by atoms with van der Waals surface area (Å²) in [4.78, 5) is 0. The summed E-state index contributed by atoms with van der Waals surface area (Å²) in [6, 6.07) is 12.9. The second kappa shape index (κ2) is 3.92. The van der Waals surface area contributed by atoms with Gasteiger partial charge in [-0.05, 0) is 54.2 Å². The van der Waals surface area contributed by atoms with Gasteiger partial charge in [0.25, 0.3) is 0 Å². The fraction of sp³-hybridized carbons (Fsp3) is 0.250. The highest BCUT2D eigenvalue weighted by molar-refractivity contribution is 5.78. The van der Waals surface area contributed by atoms with E-state index in [9.17, 15) is 0 Å². The zero-order valence-corrected chi connectivity index (χ0v) is 10.3. The molecular formula is C16H16O. The molecule has 0 radical (unpaired) electrons. The van der Waals surface area contributed by atoms with E-state index in [0.717, 1.165) is 18.8 Å². The van der Waals surface area contributed by atoms with Crippen LogP contribution >= 0.6 is 0 Å². The largest absolute Gasteiger partial charge is 0.494 e. The monoisotopic (exact) mass is 224 g/mol. The van der Waals surface area contributed by atoms with Crippen molar-refractivity contribution in [3.63, 3.8) is 0 Å². The van der Waals surface area contributed by atoms with E-state index < -0.39 is 0 Å². The van der Waals surface area contributed by atoms with E-state index in [-0.39, 0.29) is 0 Å². The van der Waals surface area contributed by atoms with Crippen LogP contribution in [0.5, 0.6) is 5.75 Å². The van der Waals surface area contributed by atoms with Crippen LogP contribution in [0.15, 0.2) is 36.4 Å². The number of fused-ring (bicyclic) bond motifs is 3. The molecule has 0 N–H and O–H groups in total. The van der Waals surface area contributed by atoms with E-state index in [1.165, 1.54) is 27.8 Å². The van der Waals surface area contributed by atoms with Gasteiger partial charge in [-0.2, -0.15) is 0 Å². The average Bonchev–Trinajstić information content (AvgIpc) is 2.73. The highest BCUT2D eigenvalue weighted by atomic mass is 16.5. The molecule has 0 amide bonds. The van der Waals surface area contributed by atoms with Crippen molar-refractivity contribution in [2.75, 3.05) is 6.61 Å². The molecular weight excluding hydrogens is 208 g/mol. The summed E-state index contributed by atoms with van der Waals surface area (Å²) < 4.78 is 5.66. The first kappa shape index (κ1) is 10.4. The topological polar surface area (TPSA) is 9.23 Å². The van der Waals surface area contributed by atoms with Gasteiger partial charge in [0.1, 0.15) is 5.75 Å². The van der Waals surface area contributed by atoms with Crippen LogP contribution < -0.4 is 4.74 Å². The summed E-state index contributed by atoms with van der Waals surface area (Å²) in [7, 11) is 0. The van der Waals surface area contributed by atoms with E-state index >= 15 is 0 Å². The molecule has 0 bridgehead atoms. The highest BCUT2D eigenvalue weighted by Crippen LogP contribution is 2.40. The van der Waals surface area contributed by atoms with Crippen molar-refractivity contribution >= 4 is 0 Å². The van der Waals surface area contributed by atoms with Crippen LogP contribution in [0.3, 0.4) is 0 Å². The molecule has 1 heteroatoms. The number of hydrogen-bond donors (Lipinski definition) is 0. The normalized spacial score (nSPS) is 12.1. The Bertz CT molecular complexity index is 570. The van der Waals surface area contributed by atoms with E-state index in [0.29, 0.717) is 0 Å². The molecule has 2 aromatic rings. The maximum atomic E-state index is 5.66. The maximum Gasteiger partial charge on any atom is 0.122 e. The molecule has 3 rings (SSSR count). The van der Waals surface area contributed by atoms with Crippen LogP contribution in [0.4, 0.5) is 0 Å². The SMILES string of the molecule is CCOc1ccc2c(c1C)Cc1ccccc1-2. The molecule has 0 heterocycles. The molecule has 1 nitrogen and oxygen atoms in total. The molecule has 2 aromatic carbocycles. The average molecular weight is 224 g/mol. The summed E-state index contributed by atoms with van der Waals surface area (Å²) in [5.41, 5.74) is 6.91. The van der Waals surface area contributed by atoms with Crippen LogP contribution in [0.2, 0.25) is 0 Å². The Balaban J connectivity index is 2.15. The van der Waals surface area contributed by atoms with Crippen molar-refractivity contribution in [3.05, 3.63) is 53.1 Å². The minimum atomic E-state index is 0.729. The van der Waals surface area contributed by atoms with Crippen molar-refractivity contribution in [2.24, 2.45) is 0 Å². The lowest BCUT2D eigenvalue weighted by molar-refractivity contribution is 0.337. The van der Waals surface area contributed by atoms with E-state index in [1.807, 2.05) is 6.92 Å². The smallest absolute Gasteiger partial charge is 0.122 e. The summed E-state index contributed by atoms with van der Waals surface area (Å²) >= 11 is 0. The van der Waals surface area contributed by atoms with Gasteiger partial charge in [0.05, 0.1) is 6.61 Å². The van der Waals surface area contributed by atoms with Crippen molar-refractivity contribution in [3.8, 4) is 16.9 Å². The molecule has 0 fully saturated rings. The summed E-state index contributed by atoms with van der Waals surface area (Å²) in [5.74, 6) is 1.03. The molecule has 0 aliphatic heterocycles. The Morgan fingerprint density at radius 1 is 1.06 bits per heavy atom. The molecule has 0 saturated carbocycles. The van der Waals surface area contributed by atoms with E-state index in [4.69, 9.17) is 4.74 Å². The lowest BCUT2D eigenvalue weighted by atomic mass is 10.0. The number of benzene rings is 2. The number of hydrogen-bond acceptors (Lipinski definition) is 1. The molecule has 0 spiro atoms. The first-order valence-electron chi connectivity index (χ1n) is 6.15. The van der Waals surface area contributed by atoms with Crippen LogP contribution in [0.1, 0.15) is 23.6 Å². The lowest BCUT2D eigenvalue weighted by Crippen LogP contribution is -1.96. The third-order valence-corrected chi connectivity index (χ3v) is 3.52. The van der Waals surface area contributed by atoms with Gasteiger partial charge in [-0.25, -0.2) is 0 Å². The van der Waals surface area contributed by atoms with Gasteiger partial charge in [0.2, 0.25) is 0 Å². The van der Waals surface area contributed by atoms with Gasteiger partial charge in [-0.15, -0.1) is 0 Å². The first-order chi connectivity index (χ1) is 8.31. The lowest BCUT2D eigenvalue weighted by Gasteiger charge is -2.11. The van der Waals surface area contributed by atoms with Gasteiger partial charge < -0.3 is 4.74 Å². The Labute approximate surface area is 102 Å². The van der Waals surface area contributed by atoms with Gasteiger partial charge in [-0.1, -0.05) is 30.3 Å². The second-order valence-corrected chi connectivity index (χ2v) is 4.48.